The van der Waals surface area contributed by atoms with Crippen molar-refractivity contribution in [3.63, 3.8) is 0 Å². The molecule has 1 saturated carbocycles. The lowest BCUT2D eigenvalue weighted by molar-refractivity contribution is -0.133. The molecule has 3 aromatic rings. The quantitative estimate of drug-likeness (QED) is 0.262. The average Bonchev–Trinajstić information content (AvgIpc) is 3.66. The fraction of sp³-hybridized carbons (Fsp3) is 0.564. The number of hydrogen-bond acceptors (Lipinski definition) is 7. The second-order valence-electron chi connectivity index (χ2n) is 15.1. The van der Waals surface area contributed by atoms with Gasteiger partial charge >= 0.3 is 0 Å². The second-order valence-corrected chi connectivity index (χ2v) is 16.0. The molecule has 0 radical (unpaired) electrons. The van der Waals surface area contributed by atoms with E-state index in [9.17, 15) is 14.4 Å². The molecule has 0 unspecified atom stereocenters. The molecule has 2 amide bonds. The average molecular weight is 739 g/mol. The third-order valence-corrected chi connectivity index (χ3v) is 12.1. The number of hydrogen-bond donors (Lipinski definition) is 1. The summed E-state index contributed by atoms with van der Waals surface area (Å²) in [6.07, 6.45) is 7.85. The number of rotatable bonds is 10. The Balaban J connectivity index is 1.01. The van der Waals surface area contributed by atoms with E-state index < -0.39 is 0 Å². The van der Waals surface area contributed by atoms with Crippen LogP contribution in [0.3, 0.4) is 0 Å². The van der Waals surface area contributed by atoms with Crippen molar-refractivity contribution < 1.29 is 23.9 Å². The van der Waals surface area contributed by atoms with Gasteiger partial charge in [0.1, 0.15) is 6.29 Å². The molecule has 2 aromatic carbocycles. The molecule has 3 saturated heterocycles. The van der Waals surface area contributed by atoms with E-state index >= 15 is 0 Å². The van der Waals surface area contributed by atoms with Crippen LogP contribution in [0.5, 0.6) is 0 Å². The van der Waals surface area contributed by atoms with Gasteiger partial charge in [-0.2, -0.15) is 0 Å². The maximum absolute atomic E-state index is 14.1. The molecule has 51 heavy (non-hydrogen) atoms. The first-order valence-corrected chi connectivity index (χ1v) is 19.1. The van der Waals surface area contributed by atoms with Crippen molar-refractivity contribution in [3.05, 3.63) is 63.8 Å². The topological polar surface area (TPSA) is 96.4 Å². The molecule has 1 aromatic heterocycles. The predicted octanol–water partition coefficient (Wildman–Crippen LogP) is 5.82. The van der Waals surface area contributed by atoms with Crippen molar-refractivity contribution >= 4 is 57.9 Å². The molecule has 12 heteroatoms. The summed E-state index contributed by atoms with van der Waals surface area (Å²) in [5, 5.41) is 4.45. The van der Waals surface area contributed by atoms with Crippen molar-refractivity contribution in [1.29, 1.82) is 0 Å². The Morgan fingerprint density at radius 3 is 2.37 bits per heavy atom. The van der Waals surface area contributed by atoms with Gasteiger partial charge in [-0.3, -0.25) is 19.4 Å². The van der Waals surface area contributed by atoms with Crippen molar-refractivity contribution in [2.24, 2.45) is 13.0 Å². The SMILES string of the molecule is C[C@@H]1CN(C2CN([C@H]3C[C@@H](CO[C@H]4CC[C@H](C=O)CC4)N(C(=O)Cc4cc(Cl)c(NC(=O)c5cn(C)c6ccccc56)cc4Cl)C3)C2)C[C@H](C)O1. The van der Waals surface area contributed by atoms with Gasteiger partial charge in [0, 0.05) is 79.9 Å². The minimum atomic E-state index is -0.287. The maximum atomic E-state index is 14.1. The lowest BCUT2D eigenvalue weighted by Crippen LogP contribution is -2.65. The normalized spacial score (nSPS) is 27.8. The number of likely N-dealkylation sites (tertiary alicyclic amines) is 2. The fourth-order valence-corrected chi connectivity index (χ4v) is 9.05. The number of carbonyl (C=O) groups excluding carboxylic acids is 3. The van der Waals surface area contributed by atoms with E-state index in [0.29, 0.717) is 46.1 Å². The minimum absolute atomic E-state index is 0.0193. The number of aryl methyl sites for hydroxylation is 1. The Kier molecular flexibility index (Phi) is 11.1. The summed E-state index contributed by atoms with van der Waals surface area (Å²) >= 11 is 13.5. The van der Waals surface area contributed by atoms with Crippen LogP contribution in [0.1, 0.15) is 61.9 Å². The van der Waals surface area contributed by atoms with Crippen LogP contribution in [0, 0.1) is 5.92 Å². The monoisotopic (exact) mass is 737 g/mol. The number of para-hydroxylation sites is 1. The van der Waals surface area contributed by atoms with Crippen LogP contribution in [0.2, 0.25) is 10.0 Å². The first-order valence-electron chi connectivity index (χ1n) is 18.4. The Bertz CT molecular complexity index is 1740. The van der Waals surface area contributed by atoms with Crippen LogP contribution in [-0.4, -0.2) is 113 Å². The summed E-state index contributed by atoms with van der Waals surface area (Å²) in [6.45, 7) is 9.28. The number of halogens is 2. The molecule has 4 fully saturated rings. The number of nitrogens with one attached hydrogen (secondary N) is 1. The lowest BCUT2D eigenvalue weighted by atomic mass is 9.88. The predicted molar refractivity (Wildman–Crippen MR) is 200 cm³/mol. The van der Waals surface area contributed by atoms with Gasteiger partial charge in [-0.15, -0.1) is 0 Å². The number of carbonyl (C=O) groups is 3. The van der Waals surface area contributed by atoms with E-state index in [-0.39, 0.29) is 54.5 Å². The molecule has 3 aliphatic heterocycles. The number of nitrogens with zero attached hydrogens (tertiary/aromatic N) is 4. The van der Waals surface area contributed by atoms with Gasteiger partial charge in [-0.05, 0) is 69.7 Å². The Labute approximate surface area is 310 Å². The van der Waals surface area contributed by atoms with Gasteiger partial charge in [0.25, 0.3) is 5.91 Å². The summed E-state index contributed by atoms with van der Waals surface area (Å²) < 4.78 is 14.3. The van der Waals surface area contributed by atoms with Gasteiger partial charge in [-0.25, -0.2) is 0 Å². The number of benzene rings is 2. The molecule has 1 N–H and O–H groups in total. The van der Waals surface area contributed by atoms with Gasteiger partial charge in [0.05, 0.1) is 53.7 Å². The molecule has 7 rings (SSSR count). The molecule has 4 atom stereocenters. The highest BCUT2D eigenvalue weighted by Crippen LogP contribution is 2.34. The zero-order valence-electron chi connectivity index (χ0n) is 29.7. The molecule has 4 aliphatic rings. The Morgan fingerprint density at radius 2 is 1.65 bits per heavy atom. The van der Waals surface area contributed by atoms with E-state index in [2.05, 4.69) is 29.0 Å². The number of anilines is 1. The van der Waals surface area contributed by atoms with Gasteiger partial charge in [0.2, 0.25) is 5.91 Å². The van der Waals surface area contributed by atoms with Crippen LogP contribution in [0.4, 0.5) is 5.69 Å². The largest absolute Gasteiger partial charge is 0.376 e. The van der Waals surface area contributed by atoms with E-state index in [4.69, 9.17) is 32.7 Å². The van der Waals surface area contributed by atoms with E-state index in [0.717, 1.165) is 75.5 Å². The highest BCUT2D eigenvalue weighted by Gasteiger charge is 2.44. The number of ether oxygens (including phenoxy) is 2. The molecule has 0 spiro atoms. The number of aromatic nitrogens is 1. The van der Waals surface area contributed by atoms with Crippen LogP contribution < -0.4 is 5.32 Å². The fourth-order valence-electron chi connectivity index (χ4n) is 8.59. The minimum Gasteiger partial charge on any atom is -0.376 e. The van der Waals surface area contributed by atoms with Crippen LogP contribution in [-0.2, 0) is 32.5 Å². The van der Waals surface area contributed by atoms with Gasteiger partial charge < -0.3 is 29.1 Å². The zero-order chi connectivity index (χ0) is 35.8. The summed E-state index contributed by atoms with van der Waals surface area (Å²) in [4.78, 5) is 45.7. The zero-order valence-corrected chi connectivity index (χ0v) is 31.2. The van der Waals surface area contributed by atoms with E-state index in [1.807, 2.05) is 40.8 Å². The number of fused-ring (bicyclic) bond motifs is 1. The number of amides is 2. The second kappa shape index (κ2) is 15.5. The standard InChI is InChI=1S/C39H49Cl2N5O5/c1-24-16-44(17-25(2)51-24)30-18-45(19-30)28-14-29(23-50-31-10-8-26(22-47)9-11-31)46(20-28)38(48)13-27-12-35(41)36(15-34(27)40)42-39(49)33-21-43(3)37-7-5-4-6-32(33)37/h4-7,12,15,21-22,24-26,28-31H,8-11,13-14,16-20,23H2,1-3H3,(H,42,49)/t24-,25+,26-,28-,29-,31-/m0/s1. The third-order valence-electron chi connectivity index (χ3n) is 11.4. The lowest BCUT2D eigenvalue weighted by Gasteiger charge is -2.50. The van der Waals surface area contributed by atoms with Crippen molar-refractivity contribution in [2.45, 2.75) is 88.8 Å². The van der Waals surface area contributed by atoms with E-state index in [1.54, 1.807) is 18.3 Å². The van der Waals surface area contributed by atoms with Crippen molar-refractivity contribution in [1.82, 2.24) is 19.3 Å². The Morgan fingerprint density at radius 1 is 0.941 bits per heavy atom. The first kappa shape index (κ1) is 36.4. The van der Waals surface area contributed by atoms with Crippen molar-refractivity contribution in [3.8, 4) is 0 Å². The summed E-state index contributed by atoms with van der Waals surface area (Å²) in [7, 11) is 1.90. The molecule has 1 aliphatic carbocycles. The number of aldehydes is 1. The van der Waals surface area contributed by atoms with Crippen LogP contribution >= 0.6 is 23.2 Å². The van der Waals surface area contributed by atoms with Gasteiger partial charge in [0.15, 0.2) is 0 Å². The molecule has 274 valence electrons. The summed E-state index contributed by atoms with van der Waals surface area (Å²) in [5.41, 5.74) is 2.50. The smallest absolute Gasteiger partial charge is 0.257 e. The Hall–Kier alpha value is -2.99. The van der Waals surface area contributed by atoms with Crippen LogP contribution in [0.15, 0.2) is 42.6 Å². The molecular formula is C39H49Cl2N5O5. The van der Waals surface area contributed by atoms with Gasteiger partial charge in [-0.1, -0.05) is 41.4 Å². The highest BCUT2D eigenvalue weighted by molar-refractivity contribution is 6.36. The third kappa shape index (κ3) is 8.01. The first-order chi connectivity index (χ1) is 24.6. The highest BCUT2D eigenvalue weighted by atomic mass is 35.5. The molecule has 4 heterocycles. The molecule has 10 nitrogen and oxygen atoms in total. The summed E-state index contributed by atoms with van der Waals surface area (Å²) in [6, 6.07) is 11.8. The molecule has 0 bridgehead atoms. The van der Waals surface area contributed by atoms with E-state index in [1.165, 1.54) is 0 Å². The number of morpholine rings is 1. The summed E-state index contributed by atoms with van der Waals surface area (Å²) in [5.74, 6) is -0.177. The van der Waals surface area contributed by atoms with Crippen molar-refractivity contribution in [2.75, 3.05) is 44.6 Å². The molecular weight excluding hydrogens is 689 g/mol. The van der Waals surface area contributed by atoms with Crippen LogP contribution in [0.25, 0.3) is 10.9 Å². The maximum Gasteiger partial charge on any atom is 0.257 e.